The maximum absolute atomic E-state index is 12.8. The summed E-state index contributed by atoms with van der Waals surface area (Å²) in [6.07, 6.45) is -4.55. The summed E-state index contributed by atoms with van der Waals surface area (Å²) >= 11 is 0. The molecule has 7 heteroatoms. The van der Waals surface area contributed by atoms with Gasteiger partial charge in [-0.05, 0) is 29.8 Å². The number of anilines is 1. The number of carboxylic acid groups (broad SMARTS) is 1. The number of fused-ring (bicyclic) bond motifs is 1. The maximum atomic E-state index is 12.8. The van der Waals surface area contributed by atoms with E-state index in [0.717, 1.165) is 18.2 Å². The molecule has 0 saturated carbocycles. The molecule has 0 fully saturated rings. The van der Waals surface area contributed by atoms with Gasteiger partial charge in [0.25, 0.3) is 5.91 Å². The van der Waals surface area contributed by atoms with Crippen molar-refractivity contribution in [1.82, 2.24) is 0 Å². The Labute approximate surface area is 135 Å². The van der Waals surface area contributed by atoms with Gasteiger partial charge in [-0.2, -0.15) is 13.2 Å². The quantitative estimate of drug-likeness (QED) is 0.913. The van der Waals surface area contributed by atoms with Crippen LogP contribution >= 0.6 is 0 Å². The number of benzene rings is 2. The van der Waals surface area contributed by atoms with Gasteiger partial charge in [-0.15, -0.1) is 0 Å². The van der Waals surface area contributed by atoms with Crippen molar-refractivity contribution in [2.45, 2.75) is 12.1 Å². The number of carbonyl (C=O) groups excluding carboxylic acids is 1. The van der Waals surface area contributed by atoms with Crippen molar-refractivity contribution >= 4 is 17.6 Å². The number of rotatable bonds is 2. The van der Waals surface area contributed by atoms with E-state index in [1.54, 1.807) is 24.3 Å². The van der Waals surface area contributed by atoms with E-state index in [4.69, 9.17) is 0 Å². The molecule has 1 aliphatic heterocycles. The third kappa shape index (κ3) is 2.73. The van der Waals surface area contributed by atoms with Crippen LogP contribution in [0.2, 0.25) is 0 Å². The highest BCUT2D eigenvalue weighted by Gasteiger charge is 2.37. The van der Waals surface area contributed by atoms with Gasteiger partial charge >= 0.3 is 12.1 Å². The van der Waals surface area contributed by atoms with Gasteiger partial charge < -0.3 is 10.0 Å². The smallest absolute Gasteiger partial charge is 0.416 e. The molecule has 0 saturated heterocycles. The van der Waals surface area contributed by atoms with Gasteiger partial charge in [-0.25, -0.2) is 0 Å². The first-order chi connectivity index (χ1) is 11.3. The largest absolute Gasteiger partial charge is 0.481 e. The number of para-hydroxylation sites is 1. The van der Waals surface area contributed by atoms with Crippen LogP contribution in [0.4, 0.5) is 18.9 Å². The summed E-state index contributed by atoms with van der Waals surface area (Å²) in [7, 11) is 0. The van der Waals surface area contributed by atoms with Gasteiger partial charge in [0.1, 0.15) is 5.92 Å². The highest BCUT2D eigenvalue weighted by molar-refractivity contribution is 6.08. The third-order valence-electron chi connectivity index (χ3n) is 3.95. The minimum absolute atomic E-state index is 0.107. The Morgan fingerprint density at radius 3 is 2.46 bits per heavy atom. The van der Waals surface area contributed by atoms with Crippen molar-refractivity contribution in [3.8, 4) is 0 Å². The van der Waals surface area contributed by atoms with Gasteiger partial charge in [-0.1, -0.05) is 24.3 Å². The second kappa shape index (κ2) is 5.67. The van der Waals surface area contributed by atoms with Crippen LogP contribution < -0.4 is 4.90 Å². The molecule has 0 radical (unpaired) electrons. The minimum Gasteiger partial charge on any atom is -0.481 e. The van der Waals surface area contributed by atoms with E-state index in [0.29, 0.717) is 11.3 Å². The predicted molar refractivity (Wildman–Crippen MR) is 79.9 cm³/mol. The van der Waals surface area contributed by atoms with Gasteiger partial charge in [0.05, 0.1) is 5.56 Å². The molecular weight excluding hydrogens is 323 g/mol. The summed E-state index contributed by atoms with van der Waals surface area (Å²) in [5.74, 6) is -2.63. The van der Waals surface area contributed by atoms with Crippen molar-refractivity contribution in [2.24, 2.45) is 0 Å². The number of amides is 1. The molecule has 0 aliphatic carbocycles. The Balaban J connectivity index is 1.99. The zero-order chi connectivity index (χ0) is 17.5. The molecule has 4 nitrogen and oxygen atoms in total. The van der Waals surface area contributed by atoms with Crippen LogP contribution in [0.5, 0.6) is 0 Å². The molecule has 0 aromatic heterocycles. The number of nitrogens with zero attached hydrogens (tertiary/aromatic N) is 1. The van der Waals surface area contributed by atoms with E-state index < -0.39 is 29.5 Å². The molecule has 1 aliphatic rings. The van der Waals surface area contributed by atoms with Gasteiger partial charge in [0.15, 0.2) is 0 Å². The Morgan fingerprint density at radius 2 is 1.79 bits per heavy atom. The normalized spacial score (nSPS) is 16.8. The van der Waals surface area contributed by atoms with Gasteiger partial charge in [-0.3, -0.25) is 9.59 Å². The fourth-order valence-corrected chi connectivity index (χ4v) is 2.80. The minimum atomic E-state index is -4.55. The fourth-order valence-electron chi connectivity index (χ4n) is 2.80. The molecule has 1 unspecified atom stereocenters. The summed E-state index contributed by atoms with van der Waals surface area (Å²) in [5.41, 5.74) is -0.168. The zero-order valence-corrected chi connectivity index (χ0v) is 12.2. The second-order valence-electron chi connectivity index (χ2n) is 5.44. The monoisotopic (exact) mass is 335 g/mol. The lowest BCUT2D eigenvalue weighted by atomic mass is 10.0. The molecule has 1 heterocycles. The molecular formula is C17H12F3NO3. The molecule has 24 heavy (non-hydrogen) atoms. The van der Waals surface area contributed by atoms with E-state index >= 15 is 0 Å². The van der Waals surface area contributed by atoms with Crippen LogP contribution in [0.3, 0.4) is 0 Å². The van der Waals surface area contributed by atoms with Crippen LogP contribution in [-0.2, 0) is 11.0 Å². The average Bonchev–Trinajstić information content (AvgIpc) is 2.93. The van der Waals surface area contributed by atoms with E-state index in [1.807, 2.05) is 0 Å². The first kappa shape index (κ1) is 16.0. The van der Waals surface area contributed by atoms with Crippen LogP contribution in [0, 0.1) is 0 Å². The summed E-state index contributed by atoms with van der Waals surface area (Å²) in [6, 6.07) is 10.6. The number of carbonyl (C=O) groups is 2. The summed E-state index contributed by atoms with van der Waals surface area (Å²) in [6.45, 7) is -0.107. The fraction of sp³-hybridized carbons (Fsp3) is 0.176. The third-order valence-corrected chi connectivity index (χ3v) is 3.95. The summed E-state index contributed by atoms with van der Waals surface area (Å²) in [4.78, 5) is 25.2. The highest BCUT2D eigenvalue weighted by atomic mass is 19.4. The lowest BCUT2D eigenvalue weighted by Gasteiger charge is -2.18. The van der Waals surface area contributed by atoms with Crippen molar-refractivity contribution in [3.63, 3.8) is 0 Å². The Morgan fingerprint density at radius 1 is 1.08 bits per heavy atom. The van der Waals surface area contributed by atoms with E-state index in [9.17, 15) is 27.9 Å². The average molecular weight is 335 g/mol. The molecule has 1 atom stereocenters. The Kier molecular flexibility index (Phi) is 3.79. The summed E-state index contributed by atoms with van der Waals surface area (Å²) < 4.78 is 38.4. The SMILES string of the molecule is O=C(O)C1CN(C(=O)c2cccc(C(F)(F)F)c2)c2ccccc21. The lowest BCUT2D eigenvalue weighted by molar-refractivity contribution is -0.138. The van der Waals surface area contributed by atoms with E-state index in [-0.39, 0.29) is 12.1 Å². The molecule has 1 amide bonds. The standard InChI is InChI=1S/C17H12F3NO3/c18-17(19,20)11-5-3-4-10(8-11)15(22)21-9-13(16(23)24)12-6-1-2-7-14(12)21/h1-8,13H,9H2,(H,23,24). The Hall–Kier alpha value is -2.83. The molecule has 2 aromatic carbocycles. The van der Waals surface area contributed by atoms with Crippen LogP contribution in [0.25, 0.3) is 0 Å². The van der Waals surface area contributed by atoms with Crippen molar-refractivity contribution in [3.05, 3.63) is 65.2 Å². The van der Waals surface area contributed by atoms with Crippen LogP contribution in [0.1, 0.15) is 27.4 Å². The summed E-state index contributed by atoms with van der Waals surface area (Å²) in [5, 5.41) is 9.29. The molecule has 0 bridgehead atoms. The first-order valence-corrected chi connectivity index (χ1v) is 7.10. The molecule has 3 rings (SSSR count). The van der Waals surface area contributed by atoms with E-state index in [1.165, 1.54) is 11.0 Å². The molecule has 1 N–H and O–H groups in total. The van der Waals surface area contributed by atoms with E-state index in [2.05, 4.69) is 0 Å². The highest BCUT2D eigenvalue weighted by Crippen LogP contribution is 2.37. The number of alkyl halides is 3. The number of aliphatic carboxylic acids is 1. The van der Waals surface area contributed by atoms with Gasteiger partial charge in [0.2, 0.25) is 0 Å². The first-order valence-electron chi connectivity index (χ1n) is 7.10. The number of hydrogen-bond donors (Lipinski definition) is 1. The Bertz CT molecular complexity index is 817. The van der Waals surface area contributed by atoms with Gasteiger partial charge in [0, 0.05) is 17.8 Å². The number of halogens is 3. The van der Waals surface area contributed by atoms with Crippen LogP contribution in [0.15, 0.2) is 48.5 Å². The molecule has 0 spiro atoms. The topological polar surface area (TPSA) is 57.6 Å². The van der Waals surface area contributed by atoms with Crippen molar-refractivity contribution < 1.29 is 27.9 Å². The zero-order valence-electron chi connectivity index (χ0n) is 12.2. The number of hydrogen-bond acceptors (Lipinski definition) is 2. The molecule has 124 valence electrons. The predicted octanol–water partition coefficient (Wildman–Crippen LogP) is 3.53. The van der Waals surface area contributed by atoms with Crippen molar-refractivity contribution in [2.75, 3.05) is 11.4 Å². The number of carboxylic acids is 1. The van der Waals surface area contributed by atoms with Crippen molar-refractivity contribution in [1.29, 1.82) is 0 Å². The lowest BCUT2D eigenvalue weighted by Crippen LogP contribution is -2.31. The second-order valence-corrected chi connectivity index (χ2v) is 5.44. The molecule has 2 aromatic rings. The van der Waals surface area contributed by atoms with Crippen LogP contribution in [-0.4, -0.2) is 23.5 Å². The maximum Gasteiger partial charge on any atom is 0.416 e.